The summed E-state index contributed by atoms with van der Waals surface area (Å²) in [6.07, 6.45) is 5.93. The monoisotopic (exact) mass is 361 g/mol. The second-order valence-electron chi connectivity index (χ2n) is 7.26. The standard InChI is InChI=1S/C22H23N3O2/c1-15-16(2)25(14-20-26-11-12-27-20)22-19(7-9-23-21(15)22)24-10-8-17-5-3-4-6-18(17)13-24/h3-7,9,11-12,20H,8,10,13-14H2,1-2H3. The molecule has 2 aromatic heterocycles. The lowest BCUT2D eigenvalue weighted by molar-refractivity contribution is -0.0336. The van der Waals surface area contributed by atoms with Gasteiger partial charge in [-0.25, -0.2) is 0 Å². The minimum absolute atomic E-state index is 0.283. The Balaban J connectivity index is 1.59. The molecule has 0 atom stereocenters. The van der Waals surface area contributed by atoms with Crippen molar-refractivity contribution >= 4 is 16.7 Å². The van der Waals surface area contributed by atoms with Crippen LogP contribution in [0.25, 0.3) is 11.0 Å². The van der Waals surface area contributed by atoms with Crippen molar-refractivity contribution in [1.82, 2.24) is 9.55 Å². The summed E-state index contributed by atoms with van der Waals surface area (Å²) >= 11 is 0. The summed E-state index contributed by atoms with van der Waals surface area (Å²) in [7, 11) is 0. The van der Waals surface area contributed by atoms with Crippen molar-refractivity contribution in [3.05, 3.63) is 71.4 Å². The number of ether oxygens (including phenoxy) is 2. The number of hydrogen-bond acceptors (Lipinski definition) is 4. The van der Waals surface area contributed by atoms with Crippen LogP contribution in [-0.4, -0.2) is 22.4 Å². The molecule has 5 rings (SSSR count). The van der Waals surface area contributed by atoms with Gasteiger partial charge in [-0.15, -0.1) is 0 Å². The van der Waals surface area contributed by atoms with Gasteiger partial charge in [0.05, 0.1) is 23.3 Å². The first-order valence-corrected chi connectivity index (χ1v) is 9.44. The maximum atomic E-state index is 5.54. The highest BCUT2D eigenvalue weighted by Crippen LogP contribution is 2.34. The molecule has 0 radical (unpaired) electrons. The van der Waals surface area contributed by atoms with Gasteiger partial charge in [0.1, 0.15) is 12.5 Å². The number of rotatable bonds is 3. The first-order valence-electron chi connectivity index (χ1n) is 9.44. The number of aromatic nitrogens is 2. The first-order chi connectivity index (χ1) is 13.2. The lowest BCUT2D eigenvalue weighted by atomic mass is 9.99. The molecule has 1 aromatic carbocycles. The highest BCUT2D eigenvalue weighted by Gasteiger charge is 2.24. The molecule has 2 aliphatic heterocycles. The Kier molecular flexibility index (Phi) is 3.81. The molecule has 0 amide bonds. The maximum Gasteiger partial charge on any atom is 0.257 e. The van der Waals surface area contributed by atoms with Crippen molar-refractivity contribution in [2.75, 3.05) is 11.4 Å². The van der Waals surface area contributed by atoms with Crippen LogP contribution in [0.4, 0.5) is 5.69 Å². The molecule has 3 aromatic rings. The topological polar surface area (TPSA) is 39.5 Å². The number of pyridine rings is 1. The van der Waals surface area contributed by atoms with E-state index in [1.807, 2.05) is 6.20 Å². The van der Waals surface area contributed by atoms with Gasteiger partial charge in [-0.05, 0) is 43.0 Å². The van der Waals surface area contributed by atoms with E-state index < -0.39 is 0 Å². The molecule has 0 spiro atoms. The molecule has 0 aliphatic carbocycles. The zero-order valence-electron chi connectivity index (χ0n) is 15.7. The van der Waals surface area contributed by atoms with Gasteiger partial charge in [0.25, 0.3) is 6.29 Å². The van der Waals surface area contributed by atoms with Crippen molar-refractivity contribution in [2.24, 2.45) is 0 Å². The van der Waals surface area contributed by atoms with Crippen LogP contribution in [0.15, 0.2) is 49.1 Å². The molecule has 0 N–H and O–H groups in total. The van der Waals surface area contributed by atoms with Gasteiger partial charge in [-0.2, -0.15) is 0 Å². The lowest BCUT2D eigenvalue weighted by Gasteiger charge is -2.31. The fourth-order valence-electron chi connectivity index (χ4n) is 4.22. The fraction of sp³-hybridized carbons (Fsp3) is 0.318. The molecule has 0 bridgehead atoms. The minimum atomic E-state index is -0.283. The molecule has 138 valence electrons. The molecule has 5 nitrogen and oxygen atoms in total. The van der Waals surface area contributed by atoms with Crippen molar-refractivity contribution in [2.45, 2.75) is 39.6 Å². The van der Waals surface area contributed by atoms with Crippen LogP contribution < -0.4 is 4.90 Å². The third-order valence-corrected chi connectivity index (χ3v) is 5.79. The normalized spacial score (nSPS) is 16.4. The summed E-state index contributed by atoms with van der Waals surface area (Å²) in [5, 5.41) is 0. The molecule has 4 heterocycles. The number of anilines is 1. The Labute approximate surface area is 158 Å². The van der Waals surface area contributed by atoms with Crippen LogP contribution in [0.3, 0.4) is 0 Å². The largest absolute Gasteiger partial charge is 0.457 e. The van der Waals surface area contributed by atoms with E-state index in [9.17, 15) is 0 Å². The van der Waals surface area contributed by atoms with Gasteiger partial charge in [0.15, 0.2) is 0 Å². The second kappa shape index (κ2) is 6.34. The molecule has 0 saturated heterocycles. The van der Waals surface area contributed by atoms with Gasteiger partial charge in [-0.3, -0.25) is 4.98 Å². The number of benzene rings is 1. The number of hydrogen-bond donors (Lipinski definition) is 0. The predicted molar refractivity (Wildman–Crippen MR) is 106 cm³/mol. The third-order valence-electron chi connectivity index (χ3n) is 5.79. The number of fused-ring (bicyclic) bond motifs is 2. The Morgan fingerprint density at radius 2 is 1.85 bits per heavy atom. The fourth-order valence-corrected chi connectivity index (χ4v) is 4.22. The van der Waals surface area contributed by atoms with Crippen molar-refractivity contribution in [3.63, 3.8) is 0 Å². The van der Waals surface area contributed by atoms with Crippen LogP contribution in [0.2, 0.25) is 0 Å². The van der Waals surface area contributed by atoms with E-state index in [0.29, 0.717) is 6.54 Å². The summed E-state index contributed by atoms with van der Waals surface area (Å²) in [5.74, 6) is 0. The van der Waals surface area contributed by atoms with Crippen molar-refractivity contribution < 1.29 is 9.47 Å². The average molecular weight is 361 g/mol. The first kappa shape index (κ1) is 16.2. The molecule has 0 fully saturated rings. The van der Waals surface area contributed by atoms with E-state index in [0.717, 1.165) is 25.0 Å². The minimum Gasteiger partial charge on any atom is -0.457 e. The molecule has 27 heavy (non-hydrogen) atoms. The van der Waals surface area contributed by atoms with Gasteiger partial charge >= 0.3 is 0 Å². The van der Waals surface area contributed by atoms with Crippen LogP contribution in [-0.2, 0) is 29.0 Å². The van der Waals surface area contributed by atoms with Crippen molar-refractivity contribution in [3.8, 4) is 0 Å². The van der Waals surface area contributed by atoms with E-state index >= 15 is 0 Å². The van der Waals surface area contributed by atoms with Gasteiger partial charge in [-0.1, -0.05) is 24.3 Å². The zero-order valence-corrected chi connectivity index (χ0v) is 15.7. The highest BCUT2D eigenvalue weighted by atomic mass is 16.7. The van der Waals surface area contributed by atoms with E-state index in [1.54, 1.807) is 12.5 Å². The molecular weight excluding hydrogens is 338 g/mol. The third kappa shape index (κ3) is 2.65. The summed E-state index contributed by atoms with van der Waals surface area (Å²) in [6.45, 7) is 6.87. The van der Waals surface area contributed by atoms with Crippen LogP contribution in [0.5, 0.6) is 0 Å². The van der Waals surface area contributed by atoms with E-state index in [2.05, 4.69) is 53.6 Å². The zero-order chi connectivity index (χ0) is 18.4. The Morgan fingerprint density at radius 1 is 1.07 bits per heavy atom. The molecule has 0 unspecified atom stereocenters. The quantitative estimate of drug-likeness (QED) is 0.705. The van der Waals surface area contributed by atoms with E-state index in [1.165, 1.54) is 33.6 Å². The molecule has 2 aliphatic rings. The lowest BCUT2D eigenvalue weighted by Crippen LogP contribution is -2.31. The van der Waals surface area contributed by atoms with Crippen molar-refractivity contribution in [1.29, 1.82) is 0 Å². The Hall–Kier alpha value is -2.95. The van der Waals surface area contributed by atoms with Gasteiger partial charge in [0, 0.05) is 25.0 Å². The Bertz CT molecular complexity index is 1030. The molecule has 0 saturated carbocycles. The number of nitrogens with zero attached hydrogens (tertiary/aromatic N) is 3. The van der Waals surface area contributed by atoms with Crippen LogP contribution >= 0.6 is 0 Å². The summed E-state index contributed by atoms with van der Waals surface area (Å²) < 4.78 is 13.4. The smallest absolute Gasteiger partial charge is 0.257 e. The second-order valence-corrected chi connectivity index (χ2v) is 7.26. The SMILES string of the molecule is Cc1c(C)n(CC2OC=CO2)c2c(N3CCc4ccccc4C3)ccnc12. The van der Waals surface area contributed by atoms with E-state index in [4.69, 9.17) is 14.5 Å². The number of aryl methyl sites for hydroxylation is 1. The summed E-state index contributed by atoms with van der Waals surface area (Å²) in [5.41, 5.74) is 8.77. The molecular formula is C22H23N3O2. The summed E-state index contributed by atoms with van der Waals surface area (Å²) in [4.78, 5) is 7.16. The predicted octanol–water partition coefficient (Wildman–Crippen LogP) is 4.06. The summed E-state index contributed by atoms with van der Waals surface area (Å²) in [6, 6.07) is 10.9. The maximum absolute atomic E-state index is 5.54. The van der Waals surface area contributed by atoms with Gasteiger partial charge < -0.3 is 18.9 Å². The van der Waals surface area contributed by atoms with Gasteiger partial charge in [0.2, 0.25) is 0 Å². The average Bonchev–Trinajstić information content (AvgIpc) is 3.31. The van der Waals surface area contributed by atoms with Crippen LogP contribution in [0.1, 0.15) is 22.4 Å². The van der Waals surface area contributed by atoms with E-state index in [-0.39, 0.29) is 6.29 Å². The van der Waals surface area contributed by atoms with Crippen LogP contribution in [0, 0.1) is 13.8 Å². The highest BCUT2D eigenvalue weighted by molar-refractivity contribution is 5.92. The Morgan fingerprint density at radius 3 is 2.67 bits per heavy atom. The molecule has 5 heteroatoms.